The molecule has 6 heteroatoms. The van der Waals surface area contributed by atoms with Crippen LogP contribution in [0, 0.1) is 12.8 Å². The van der Waals surface area contributed by atoms with Crippen molar-refractivity contribution in [3.8, 4) is 11.5 Å². The van der Waals surface area contributed by atoms with Crippen LogP contribution in [-0.2, 0) is 6.54 Å². The Labute approximate surface area is 166 Å². The Morgan fingerprint density at radius 3 is 2.68 bits per heavy atom. The summed E-state index contributed by atoms with van der Waals surface area (Å²) in [6.45, 7) is 3.62. The van der Waals surface area contributed by atoms with Crippen LogP contribution in [0.3, 0.4) is 0 Å². The predicted molar refractivity (Wildman–Crippen MR) is 112 cm³/mol. The molecule has 0 atom stereocenters. The van der Waals surface area contributed by atoms with E-state index in [4.69, 9.17) is 4.42 Å². The molecule has 0 saturated heterocycles. The van der Waals surface area contributed by atoms with Gasteiger partial charge in [-0.2, -0.15) is 0 Å². The zero-order chi connectivity index (χ0) is 16.8. The van der Waals surface area contributed by atoms with E-state index in [-0.39, 0.29) is 24.0 Å². The normalized spacial score (nSPS) is 14.1. The highest BCUT2D eigenvalue weighted by Gasteiger charge is 2.19. The average molecular weight is 454 g/mol. The molecule has 1 aliphatic carbocycles. The van der Waals surface area contributed by atoms with Crippen LogP contribution >= 0.6 is 24.0 Å². The SMILES string of the molecule is CN=C(NCCCC1CC1)NCc1coc(-c2ccc(C)cc2)n1.I. The maximum Gasteiger partial charge on any atom is 0.226 e. The Balaban J connectivity index is 0.00000225. The minimum atomic E-state index is 0. The molecule has 0 radical (unpaired) electrons. The first-order chi connectivity index (χ1) is 11.7. The Kier molecular flexibility index (Phi) is 7.74. The van der Waals surface area contributed by atoms with E-state index in [1.807, 2.05) is 12.1 Å². The number of aryl methyl sites for hydroxylation is 1. The Bertz CT molecular complexity index is 677. The minimum absolute atomic E-state index is 0. The number of nitrogens with one attached hydrogen (secondary N) is 2. The first kappa shape index (κ1) is 19.8. The molecule has 1 aromatic heterocycles. The van der Waals surface area contributed by atoms with Crippen molar-refractivity contribution in [1.82, 2.24) is 15.6 Å². The average Bonchev–Trinajstić information content (AvgIpc) is 3.31. The summed E-state index contributed by atoms with van der Waals surface area (Å²) in [6.07, 6.45) is 7.06. The van der Waals surface area contributed by atoms with Crippen LogP contribution in [0.25, 0.3) is 11.5 Å². The number of oxazole rings is 1. The third-order valence-corrected chi connectivity index (χ3v) is 4.29. The van der Waals surface area contributed by atoms with Crippen molar-refractivity contribution in [3.63, 3.8) is 0 Å². The number of nitrogens with zero attached hydrogens (tertiary/aromatic N) is 2. The van der Waals surface area contributed by atoms with Gasteiger partial charge in [-0.25, -0.2) is 4.98 Å². The lowest BCUT2D eigenvalue weighted by Gasteiger charge is -2.10. The number of guanidine groups is 1. The van der Waals surface area contributed by atoms with Crippen molar-refractivity contribution in [2.75, 3.05) is 13.6 Å². The van der Waals surface area contributed by atoms with Gasteiger partial charge in [-0.3, -0.25) is 4.99 Å². The van der Waals surface area contributed by atoms with E-state index in [1.54, 1.807) is 13.3 Å². The lowest BCUT2D eigenvalue weighted by Crippen LogP contribution is -2.37. The Hall–Kier alpha value is -1.57. The van der Waals surface area contributed by atoms with Gasteiger partial charge in [0.05, 0.1) is 12.2 Å². The summed E-state index contributed by atoms with van der Waals surface area (Å²) in [5.74, 6) is 2.45. The smallest absolute Gasteiger partial charge is 0.226 e. The Morgan fingerprint density at radius 1 is 1.24 bits per heavy atom. The van der Waals surface area contributed by atoms with E-state index in [1.165, 1.54) is 31.2 Å². The standard InChI is InChI=1S/C19H26N4O.HI/c1-14-5-9-16(10-6-14)18-23-17(13-24-18)12-22-19(20-2)21-11-3-4-15-7-8-15;/h5-6,9-10,13,15H,3-4,7-8,11-12H2,1-2H3,(H2,20,21,22);1H. The second kappa shape index (κ2) is 9.79. The van der Waals surface area contributed by atoms with Crippen LogP contribution in [0.2, 0.25) is 0 Å². The molecule has 5 nitrogen and oxygen atoms in total. The second-order valence-corrected chi connectivity index (χ2v) is 6.45. The maximum absolute atomic E-state index is 5.58. The highest BCUT2D eigenvalue weighted by atomic mass is 127. The van der Waals surface area contributed by atoms with Gasteiger partial charge in [-0.1, -0.05) is 30.5 Å². The number of halogens is 1. The monoisotopic (exact) mass is 454 g/mol. The van der Waals surface area contributed by atoms with Crippen LogP contribution in [0.15, 0.2) is 39.9 Å². The summed E-state index contributed by atoms with van der Waals surface area (Å²) in [7, 11) is 1.79. The van der Waals surface area contributed by atoms with Gasteiger partial charge in [0.1, 0.15) is 6.26 Å². The van der Waals surface area contributed by atoms with Gasteiger partial charge >= 0.3 is 0 Å². The van der Waals surface area contributed by atoms with Gasteiger partial charge in [0.2, 0.25) is 5.89 Å². The summed E-state index contributed by atoms with van der Waals surface area (Å²) in [5, 5.41) is 6.63. The van der Waals surface area contributed by atoms with Crippen molar-refractivity contribution in [2.24, 2.45) is 10.9 Å². The molecule has 1 aromatic carbocycles. The predicted octanol–water partition coefficient (Wildman–Crippen LogP) is 4.12. The molecule has 0 spiro atoms. The van der Waals surface area contributed by atoms with Gasteiger partial charge < -0.3 is 15.1 Å². The van der Waals surface area contributed by atoms with Crippen molar-refractivity contribution in [1.29, 1.82) is 0 Å². The maximum atomic E-state index is 5.58. The number of benzene rings is 1. The molecular weight excluding hydrogens is 427 g/mol. The molecule has 136 valence electrons. The van der Waals surface area contributed by atoms with Crippen molar-refractivity contribution in [3.05, 3.63) is 41.8 Å². The van der Waals surface area contributed by atoms with Crippen LogP contribution < -0.4 is 10.6 Å². The molecule has 0 amide bonds. The number of hydrogen-bond acceptors (Lipinski definition) is 3. The molecule has 0 unspecified atom stereocenters. The van der Waals surface area contributed by atoms with Gasteiger partial charge in [-0.05, 0) is 37.8 Å². The summed E-state index contributed by atoms with van der Waals surface area (Å²) in [5.41, 5.74) is 3.09. The van der Waals surface area contributed by atoms with Crippen molar-refractivity contribution >= 4 is 29.9 Å². The van der Waals surface area contributed by atoms with Gasteiger partial charge in [-0.15, -0.1) is 24.0 Å². The second-order valence-electron chi connectivity index (χ2n) is 6.45. The summed E-state index contributed by atoms with van der Waals surface area (Å²) in [4.78, 5) is 8.78. The Morgan fingerprint density at radius 2 is 2.00 bits per heavy atom. The van der Waals surface area contributed by atoms with E-state index >= 15 is 0 Å². The zero-order valence-corrected chi connectivity index (χ0v) is 17.2. The molecule has 2 aromatic rings. The minimum Gasteiger partial charge on any atom is -0.444 e. The molecule has 2 N–H and O–H groups in total. The molecule has 1 aliphatic rings. The molecule has 1 heterocycles. The lowest BCUT2D eigenvalue weighted by molar-refractivity contribution is 0.572. The number of aliphatic imine (C=N–C) groups is 1. The van der Waals surface area contributed by atoms with E-state index < -0.39 is 0 Å². The third kappa shape index (κ3) is 6.34. The van der Waals surface area contributed by atoms with Crippen molar-refractivity contribution in [2.45, 2.75) is 39.2 Å². The van der Waals surface area contributed by atoms with E-state index in [0.717, 1.165) is 29.7 Å². The van der Waals surface area contributed by atoms with Gasteiger partial charge in [0, 0.05) is 19.2 Å². The zero-order valence-electron chi connectivity index (χ0n) is 14.9. The molecule has 0 aliphatic heterocycles. The topological polar surface area (TPSA) is 62.5 Å². The van der Waals surface area contributed by atoms with E-state index in [9.17, 15) is 0 Å². The summed E-state index contributed by atoms with van der Waals surface area (Å²) in [6, 6.07) is 8.17. The fourth-order valence-corrected chi connectivity index (χ4v) is 2.62. The highest BCUT2D eigenvalue weighted by Crippen LogP contribution is 2.33. The fourth-order valence-electron chi connectivity index (χ4n) is 2.62. The van der Waals surface area contributed by atoms with Crippen LogP contribution in [0.1, 0.15) is 36.9 Å². The molecule has 3 rings (SSSR count). The molecule has 0 bridgehead atoms. The largest absolute Gasteiger partial charge is 0.444 e. The quantitative estimate of drug-likeness (QED) is 0.286. The van der Waals surface area contributed by atoms with Crippen LogP contribution in [0.5, 0.6) is 0 Å². The van der Waals surface area contributed by atoms with E-state index in [0.29, 0.717) is 12.4 Å². The molecule has 1 fully saturated rings. The fraction of sp³-hybridized carbons (Fsp3) is 0.474. The number of hydrogen-bond donors (Lipinski definition) is 2. The highest BCUT2D eigenvalue weighted by molar-refractivity contribution is 14.0. The first-order valence-corrected chi connectivity index (χ1v) is 8.70. The number of rotatable bonds is 7. The van der Waals surface area contributed by atoms with E-state index in [2.05, 4.69) is 39.7 Å². The lowest BCUT2D eigenvalue weighted by atomic mass is 10.1. The molecule has 25 heavy (non-hydrogen) atoms. The third-order valence-electron chi connectivity index (χ3n) is 4.29. The van der Waals surface area contributed by atoms with Crippen molar-refractivity contribution < 1.29 is 4.42 Å². The van der Waals surface area contributed by atoms with Gasteiger partial charge in [0.15, 0.2) is 5.96 Å². The summed E-state index contributed by atoms with van der Waals surface area (Å²) < 4.78 is 5.58. The van der Waals surface area contributed by atoms with Crippen LogP contribution in [-0.4, -0.2) is 24.5 Å². The molecule has 1 saturated carbocycles. The van der Waals surface area contributed by atoms with Gasteiger partial charge in [0.25, 0.3) is 0 Å². The van der Waals surface area contributed by atoms with Crippen LogP contribution in [0.4, 0.5) is 0 Å². The first-order valence-electron chi connectivity index (χ1n) is 8.70. The molecular formula is C19H27IN4O. The summed E-state index contributed by atoms with van der Waals surface area (Å²) >= 11 is 0. The number of aromatic nitrogens is 1.